The highest BCUT2D eigenvalue weighted by Crippen LogP contribution is 2.33. The van der Waals surface area contributed by atoms with Gasteiger partial charge in [0.1, 0.15) is 0 Å². The second-order valence-electron chi connectivity index (χ2n) is 7.28. The van der Waals surface area contributed by atoms with Crippen molar-refractivity contribution in [2.24, 2.45) is 0 Å². The van der Waals surface area contributed by atoms with Gasteiger partial charge >= 0.3 is 6.18 Å². The van der Waals surface area contributed by atoms with Gasteiger partial charge in [-0.15, -0.1) is 0 Å². The first-order valence-electron chi connectivity index (χ1n) is 9.31. The van der Waals surface area contributed by atoms with Gasteiger partial charge in [0.05, 0.1) is 15.8 Å². The lowest BCUT2D eigenvalue weighted by molar-refractivity contribution is -0.137. The Kier molecular flexibility index (Phi) is 4.98. The molecule has 0 radical (unpaired) electrons. The van der Waals surface area contributed by atoms with Crippen LogP contribution in [0.15, 0.2) is 36.4 Å². The first-order valence-corrected chi connectivity index (χ1v) is 10.1. The first kappa shape index (κ1) is 19.7. The van der Waals surface area contributed by atoms with Crippen molar-refractivity contribution >= 4 is 32.6 Å². The third-order valence-electron chi connectivity index (χ3n) is 5.11. The lowest BCUT2D eigenvalue weighted by Gasteiger charge is -2.34. The van der Waals surface area contributed by atoms with Crippen LogP contribution in [0.25, 0.3) is 10.2 Å². The number of fused-ring (bicyclic) bond motifs is 1. The number of anilines is 1. The molecule has 4 rings (SSSR count). The predicted octanol–water partition coefficient (Wildman–Crippen LogP) is 4.89. The Morgan fingerprint density at radius 2 is 1.69 bits per heavy atom. The number of thiazole rings is 1. The number of rotatable bonds is 2. The average molecular weight is 419 g/mol. The number of hydrogen-bond donors (Lipinski definition) is 0. The zero-order valence-corrected chi connectivity index (χ0v) is 16.9. The van der Waals surface area contributed by atoms with Gasteiger partial charge in [0.25, 0.3) is 5.91 Å². The van der Waals surface area contributed by atoms with E-state index in [-0.39, 0.29) is 11.5 Å². The third kappa shape index (κ3) is 3.94. The number of nitrogens with zero attached hydrogens (tertiary/aromatic N) is 3. The molecule has 8 heteroatoms. The summed E-state index contributed by atoms with van der Waals surface area (Å²) in [5.41, 5.74) is 2.90. The summed E-state index contributed by atoms with van der Waals surface area (Å²) in [6.45, 7) is 6.44. The molecule has 4 nitrogen and oxygen atoms in total. The second kappa shape index (κ2) is 7.33. The fourth-order valence-corrected chi connectivity index (χ4v) is 4.65. The molecular weight excluding hydrogens is 399 g/mol. The summed E-state index contributed by atoms with van der Waals surface area (Å²) in [6, 6.07) is 8.62. The maximum absolute atomic E-state index is 12.7. The van der Waals surface area contributed by atoms with Crippen LogP contribution in [0, 0.1) is 13.8 Å². The van der Waals surface area contributed by atoms with Crippen LogP contribution >= 0.6 is 11.3 Å². The van der Waals surface area contributed by atoms with Crippen LogP contribution in [0.2, 0.25) is 0 Å². The number of benzene rings is 2. The number of alkyl halides is 3. The maximum atomic E-state index is 12.7. The lowest BCUT2D eigenvalue weighted by atomic mass is 10.1. The molecular formula is C21H20F3N3OS. The van der Waals surface area contributed by atoms with E-state index in [1.54, 1.807) is 16.2 Å². The molecule has 2 aromatic carbocycles. The highest BCUT2D eigenvalue weighted by molar-refractivity contribution is 7.22. The van der Waals surface area contributed by atoms with Gasteiger partial charge in [-0.05, 0) is 55.3 Å². The van der Waals surface area contributed by atoms with Crippen molar-refractivity contribution < 1.29 is 18.0 Å². The smallest absolute Gasteiger partial charge is 0.345 e. The van der Waals surface area contributed by atoms with Crippen LogP contribution < -0.4 is 4.90 Å². The Balaban J connectivity index is 1.44. The molecule has 29 heavy (non-hydrogen) atoms. The Labute approximate surface area is 170 Å². The van der Waals surface area contributed by atoms with Crippen molar-refractivity contribution in [1.82, 2.24) is 9.88 Å². The van der Waals surface area contributed by atoms with Gasteiger partial charge in [-0.3, -0.25) is 4.79 Å². The number of carbonyl (C=O) groups is 1. The number of carbonyl (C=O) groups excluding carboxylic acids is 1. The number of halogens is 3. The van der Waals surface area contributed by atoms with Gasteiger partial charge in [-0.2, -0.15) is 13.2 Å². The second-order valence-corrected chi connectivity index (χ2v) is 8.26. The molecule has 1 aliphatic heterocycles. The zero-order chi connectivity index (χ0) is 20.8. The number of hydrogen-bond acceptors (Lipinski definition) is 4. The summed E-state index contributed by atoms with van der Waals surface area (Å²) in [4.78, 5) is 21.2. The largest absolute Gasteiger partial charge is 0.416 e. The number of amides is 1. The van der Waals surface area contributed by atoms with Crippen LogP contribution in [-0.4, -0.2) is 42.0 Å². The number of piperazine rings is 1. The highest BCUT2D eigenvalue weighted by atomic mass is 32.1. The van der Waals surface area contributed by atoms with Crippen molar-refractivity contribution in [2.45, 2.75) is 20.0 Å². The van der Waals surface area contributed by atoms with E-state index in [0.717, 1.165) is 22.8 Å². The standard InChI is InChI=1S/C21H20F3N3OS/c1-13-11-14(2)18-17(12-13)25-20(29-18)27-9-7-26(8-10-27)19(28)15-3-5-16(6-4-15)21(22,23)24/h3-6,11-12H,7-10H2,1-2H3. The molecule has 2 heterocycles. The first-order chi connectivity index (χ1) is 13.7. The molecule has 1 aromatic heterocycles. The summed E-state index contributed by atoms with van der Waals surface area (Å²) < 4.78 is 39.3. The fraction of sp³-hybridized carbons (Fsp3) is 0.333. The fourth-order valence-electron chi connectivity index (χ4n) is 3.59. The molecule has 0 spiro atoms. The van der Waals surface area contributed by atoms with Gasteiger partial charge in [-0.25, -0.2) is 4.98 Å². The van der Waals surface area contributed by atoms with Crippen LogP contribution in [0.1, 0.15) is 27.0 Å². The average Bonchev–Trinajstić information content (AvgIpc) is 3.11. The van der Waals surface area contributed by atoms with Crippen molar-refractivity contribution in [1.29, 1.82) is 0 Å². The molecule has 1 saturated heterocycles. The molecule has 0 saturated carbocycles. The van der Waals surface area contributed by atoms with Crippen molar-refractivity contribution in [3.63, 3.8) is 0 Å². The van der Waals surface area contributed by atoms with Crippen molar-refractivity contribution in [3.8, 4) is 0 Å². The molecule has 3 aromatic rings. The van der Waals surface area contributed by atoms with Crippen LogP contribution in [0.5, 0.6) is 0 Å². The Hall–Kier alpha value is -2.61. The highest BCUT2D eigenvalue weighted by Gasteiger charge is 2.31. The van der Waals surface area contributed by atoms with E-state index < -0.39 is 11.7 Å². The summed E-state index contributed by atoms with van der Waals surface area (Å²) >= 11 is 1.65. The predicted molar refractivity (Wildman–Crippen MR) is 109 cm³/mol. The van der Waals surface area contributed by atoms with Crippen molar-refractivity contribution in [3.05, 3.63) is 58.7 Å². The lowest BCUT2D eigenvalue weighted by Crippen LogP contribution is -2.48. The molecule has 0 unspecified atom stereocenters. The molecule has 1 fully saturated rings. The van der Waals surface area contributed by atoms with Gasteiger partial charge < -0.3 is 9.80 Å². The molecule has 1 amide bonds. The Morgan fingerprint density at radius 1 is 1.03 bits per heavy atom. The van der Waals surface area contributed by atoms with E-state index in [4.69, 9.17) is 4.98 Å². The Bertz CT molecular complexity index is 1050. The number of aryl methyl sites for hydroxylation is 2. The van der Waals surface area contributed by atoms with Crippen LogP contribution in [0.4, 0.5) is 18.3 Å². The van der Waals surface area contributed by atoms with E-state index in [0.29, 0.717) is 26.2 Å². The minimum absolute atomic E-state index is 0.242. The minimum atomic E-state index is -4.40. The van der Waals surface area contributed by atoms with Gasteiger partial charge in [0, 0.05) is 31.7 Å². The van der Waals surface area contributed by atoms with Crippen LogP contribution in [0.3, 0.4) is 0 Å². The zero-order valence-electron chi connectivity index (χ0n) is 16.1. The van der Waals surface area contributed by atoms with Gasteiger partial charge in [0.15, 0.2) is 5.13 Å². The van der Waals surface area contributed by atoms with Gasteiger partial charge in [0.2, 0.25) is 0 Å². The molecule has 152 valence electrons. The molecule has 0 N–H and O–H groups in total. The van der Waals surface area contributed by atoms with E-state index >= 15 is 0 Å². The van der Waals surface area contributed by atoms with E-state index in [9.17, 15) is 18.0 Å². The van der Waals surface area contributed by atoms with E-state index in [1.807, 2.05) is 0 Å². The molecule has 0 bridgehead atoms. The van der Waals surface area contributed by atoms with Crippen molar-refractivity contribution in [2.75, 3.05) is 31.1 Å². The normalized spacial score (nSPS) is 15.2. The van der Waals surface area contributed by atoms with Crippen LogP contribution in [-0.2, 0) is 6.18 Å². The van der Waals surface area contributed by atoms with Gasteiger partial charge in [-0.1, -0.05) is 17.4 Å². The molecule has 1 aliphatic rings. The monoisotopic (exact) mass is 419 g/mol. The topological polar surface area (TPSA) is 36.4 Å². The molecule has 0 atom stereocenters. The Morgan fingerprint density at radius 3 is 2.31 bits per heavy atom. The summed E-state index contributed by atoms with van der Waals surface area (Å²) in [5, 5.41) is 0.940. The summed E-state index contributed by atoms with van der Waals surface area (Å²) in [5.74, 6) is -0.242. The maximum Gasteiger partial charge on any atom is 0.416 e. The summed E-state index contributed by atoms with van der Waals surface area (Å²) in [6.07, 6.45) is -4.40. The van der Waals surface area contributed by atoms with E-state index in [1.165, 1.54) is 28.0 Å². The minimum Gasteiger partial charge on any atom is -0.345 e. The molecule has 0 aliphatic carbocycles. The van der Waals surface area contributed by atoms with E-state index in [2.05, 4.69) is 30.9 Å². The summed E-state index contributed by atoms with van der Waals surface area (Å²) in [7, 11) is 0. The number of aromatic nitrogens is 1. The quantitative estimate of drug-likeness (QED) is 0.593. The SMILES string of the molecule is Cc1cc(C)c2sc(N3CCN(C(=O)c4ccc(C(F)(F)F)cc4)CC3)nc2c1. The third-order valence-corrected chi connectivity index (χ3v) is 6.37.